The van der Waals surface area contributed by atoms with E-state index in [1.807, 2.05) is 30.3 Å². The molecule has 8 nitrogen and oxygen atoms in total. The summed E-state index contributed by atoms with van der Waals surface area (Å²) >= 11 is 0. The van der Waals surface area contributed by atoms with Crippen LogP contribution in [0.4, 0.5) is 8.78 Å². The zero-order valence-electron chi connectivity index (χ0n) is 19.4. The summed E-state index contributed by atoms with van der Waals surface area (Å²) in [5.41, 5.74) is 13.0. The first-order valence-corrected chi connectivity index (χ1v) is 11.3. The summed E-state index contributed by atoms with van der Waals surface area (Å²) in [6.07, 6.45) is 1.70. The molecule has 1 atom stereocenters. The summed E-state index contributed by atoms with van der Waals surface area (Å²) in [6.45, 7) is 0.321. The number of aromatic nitrogens is 1. The molecule has 0 unspecified atom stereocenters. The van der Waals surface area contributed by atoms with Gasteiger partial charge >= 0.3 is 5.97 Å². The Bertz CT molecular complexity index is 1210. The second-order valence-corrected chi connectivity index (χ2v) is 8.10. The Morgan fingerprint density at radius 1 is 1.14 bits per heavy atom. The van der Waals surface area contributed by atoms with Gasteiger partial charge in [0, 0.05) is 30.1 Å². The number of nitrogens with one attached hydrogen (secondary N) is 2. The van der Waals surface area contributed by atoms with Crippen LogP contribution in [0.25, 0.3) is 22.2 Å². The third-order valence-corrected chi connectivity index (χ3v) is 5.59. The molecule has 0 aliphatic heterocycles. The first-order valence-electron chi connectivity index (χ1n) is 11.3. The van der Waals surface area contributed by atoms with Crippen LogP contribution < -0.4 is 16.8 Å². The topological polar surface area (TPSA) is 136 Å². The molecule has 0 bridgehead atoms. The Kier molecular flexibility index (Phi) is 8.77. The molecule has 0 spiro atoms. The number of nitrogens with two attached hydrogens (primary N) is 2. The van der Waals surface area contributed by atoms with Crippen molar-refractivity contribution in [3.05, 3.63) is 59.7 Å². The lowest BCUT2D eigenvalue weighted by molar-refractivity contribution is -0.145. The van der Waals surface area contributed by atoms with Crippen LogP contribution in [-0.2, 0) is 20.7 Å². The average molecular weight is 486 g/mol. The highest BCUT2D eigenvalue weighted by Gasteiger charge is 2.22. The van der Waals surface area contributed by atoms with Crippen molar-refractivity contribution in [2.24, 2.45) is 16.5 Å². The van der Waals surface area contributed by atoms with Crippen LogP contribution in [0.15, 0.2) is 47.5 Å². The Morgan fingerprint density at radius 3 is 2.57 bits per heavy atom. The highest BCUT2D eigenvalue weighted by atomic mass is 19.1. The van der Waals surface area contributed by atoms with Crippen molar-refractivity contribution in [1.82, 2.24) is 10.3 Å². The number of esters is 1. The first-order chi connectivity index (χ1) is 16.8. The van der Waals surface area contributed by atoms with Crippen LogP contribution in [0.3, 0.4) is 0 Å². The molecule has 6 N–H and O–H groups in total. The Balaban J connectivity index is 1.70. The molecular formula is C25H29F2N5O3. The van der Waals surface area contributed by atoms with Gasteiger partial charge in [0.2, 0.25) is 5.91 Å². The molecule has 2 aromatic carbocycles. The van der Waals surface area contributed by atoms with E-state index < -0.39 is 23.6 Å². The number of aliphatic imine (C=N–C) groups is 1. The summed E-state index contributed by atoms with van der Waals surface area (Å²) in [6, 6.07) is 10.6. The van der Waals surface area contributed by atoms with Crippen LogP contribution in [0.1, 0.15) is 31.2 Å². The van der Waals surface area contributed by atoms with Gasteiger partial charge in [-0.1, -0.05) is 30.3 Å². The van der Waals surface area contributed by atoms with Gasteiger partial charge in [0.05, 0.1) is 12.6 Å². The molecule has 0 aliphatic carbocycles. The predicted octanol–water partition coefficient (Wildman–Crippen LogP) is 3.15. The minimum Gasteiger partial charge on any atom is -0.467 e. The minimum atomic E-state index is -0.821. The number of hydrogen-bond acceptors (Lipinski definition) is 4. The highest BCUT2D eigenvalue weighted by molar-refractivity contribution is 5.91. The first kappa shape index (κ1) is 25.7. The predicted molar refractivity (Wildman–Crippen MR) is 130 cm³/mol. The lowest BCUT2D eigenvalue weighted by atomic mass is 10.00. The highest BCUT2D eigenvalue weighted by Crippen LogP contribution is 2.33. The molecule has 1 aromatic heterocycles. The van der Waals surface area contributed by atoms with Crippen LogP contribution in [0.2, 0.25) is 0 Å². The van der Waals surface area contributed by atoms with Gasteiger partial charge in [-0.2, -0.15) is 0 Å². The maximum atomic E-state index is 14.4. The molecule has 0 fully saturated rings. The van der Waals surface area contributed by atoms with Crippen molar-refractivity contribution in [2.75, 3.05) is 13.7 Å². The zero-order valence-corrected chi connectivity index (χ0v) is 19.4. The number of fused-ring (bicyclic) bond motifs is 1. The van der Waals surface area contributed by atoms with E-state index in [0.29, 0.717) is 43.3 Å². The van der Waals surface area contributed by atoms with E-state index in [4.69, 9.17) is 16.2 Å². The Hall–Kier alpha value is -3.95. The van der Waals surface area contributed by atoms with E-state index in [2.05, 4.69) is 15.3 Å². The zero-order chi connectivity index (χ0) is 25.4. The van der Waals surface area contributed by atoms with Gasteiger partial charge < -0.3 is 26.5 Å². The summed E-state index contributed by atoms with van der Waals surface area (Å²) in [5, 5.41) is 3.12. The molecule has 0 saturated heterocycles. The van der Waals surface area contributed by atoms with Crippen molar-refractivity contribution in [1.29, 1.82) is 0 Å². The maximum absolute atomic E-state index is 14.4. The smallest absolute Gasteiger partial charge is 0.328 e. The minimum absolute atomic E-state index is 0.0458. The SMILES string of the molecule is COC(=O)[C@@H](CCCN=C(N)N)NC(=O)CCCc1c(-c2ccccc2)[nH]c2c(F)cc(F)cc12. The molecule has 0 aliphatic rings. The number of ether oxygens (including phenoxy) is 1. The lowest BCUT2D eigenvalue weighted by Crippen LogP contribution is -2.41. The van der Waals surface area contributed by atoms with Crippen molar-refractivity contribution < 1.29 is 23.1 Å². The summed E-state index contributed by atoms with van der Waals surface area (Å²) in [7, 11) is 1.25. The average Bonchev–Trinajstić information content (AvgIpc) is 3.19. The van der Waals surface area contributed by atoms with Gasteiger partial charge in [0.15, 0.2) is 5.96 Å². The van der Waals surface area contributed by atoms with Gasteiger partial charge in [-0.15, -0.1) is 0 Å². The molecule has 0 radical (unpaired) electrons. The van der Waals surface area contributed by atoms with Crippen molar-refractivity contribution >= 4 is 28.7 Å². The van der Waals surface area contributed by atoms with E-state index in [0.717, 1.165) is 17.2 Å². The number of halogens is 2. The largest absolute Gasteiger partial charge is 0.467 e. The van der Waals surface area contributed by atoms with E-state index >= 15 is 0 Å². The molecule has 1 heterocycles. The number of guanidine groups is 1. The number of benzene rings is 2. The number of rotatable bonds is 11. The molecule has 186 valence electrons. The van der Waals surface area contributed by atoms with Crippen LogP contribution >= 0.6 is 0 Å². The number of nitrogens with zero attached hydrogens (tertiary/aromatic N) is 1. The fraction of sp³-hybridized carbons (Fsp3) is 0.320. The van der Waals surface area contributed by atoms with Gasteiger partial charge in [-0.05, 0) is 42.9 Å². The van der Waals surface area contributed by atoms with Crippen LogP contribution in [-0.4, -0.2) is 42.5 Å². The summed E-state index contributed by atoms with van der Waals surface area (Å²) in [5.74, 6) is -2.29. The second-order valence-electron chi connectivity index (χ2n) is 8.10. The van der Waals surface area contributed by atoms with Crippen LogP contribution in [0.5, 0.6) is 0 Å². The summed E-state index contributed by atoms with van der Waals surface area (Å²) in [4.78, 5) is 31.5. The molecule has 1 amide bonds. The van der Waals surface area contributed by atoms with Gasteiger partial charge in [-0.3, -0.25) is 9.79 Å². The standard InChI is InChI=1S/C25H29F2N5O3/c1-35-24(34)20(10-6-12-30-25(28)29)31-21(33)11-5-9-17-18-13-16(26)14-19(27)23(18)32-22(17)15-7-3-2-4-8-15/h2-4,7-8,13-14,20,32H,5-6,9-12H2,1H3,(H,31,33)(H4,28,29,30)/t20-/m1/s1. The van der Waals surface area contributed by atoms with Gasteiger partial charge in [-0.25, -0.2) is 13.6 Å². The maximum Gasteiger partial charge on any atom is 0.328 e. The van der Waals surface area contributed by atoms with Crippen LogP contribution in [0, 0.1) is 11.6 Å². The molecule has 3 aromatic rings. The number of hydrogen-bond donors (Lipinski definition) is 4. The van der Waals surface area contributed by atoms with Crippen molar-refractivity contribution in [3.8, 4) is 11.3 Å². The number of carbonyl (C=O) groups excluding carboxylic acids is 2. The molecule has 35 heavy (non-hydrogen) atoms. The number of aryl methyl sites for hydroxylation is 1. The fourth-order valence-corrected chi connectivity index (χ4v) is 3.97. The second kappa shape index (κ2) is 12.0. The number of H-pyrrole nitrogens is 1. The molecule has 0 saturated carbocycles. The number of carbonyl (C=O) groups is 2. The lowest BCUT2D eigenvalue weighted by Gasteiger charge is -2.16. The fourth-order valence-electron chi connectivity index (χ4n) is 3.97. The van der Waals surface area contributed by atoms with Gasteiger partial charge in [0.1, 0.15) is 17.7 Å². The Labute approximate surface area is 201 Å². The van der Waals surface area contributed by atoms with E-state index in [1.165, 1.54) is 13.2 Å². The monoisotopic (exact) mass is 485 g/mol. The van der Waals surface area contributed by atoms with Crippen molar-refractivity contribution in [3.63, 3.8) is 0 Å². The van der Waals surface area contributed by atoms with E-state index in [-0.39, 0.29) is 23.8 Å². The van der Waals surface area contributed by atoms with Gasteiger partial charge in [0.25, 0.3) is 0 Å². The molecular weight excluding hydrogens is 456 g/mol. The third kappa shape index (κ3) is 6.78. The Morgan fingerprint density at radius 2 is 1.89 bits per heavy atom. The molecule has 3 rings (SSSR count). The van der Waals surface area contributed by atoms with E-state index in [9.17, 15) is 18.4 Å². The number of amides is 1. The summed E-state index contributed by atoms with van der Waals surface area (Å²) < 4.78 is 33.2. The van der Waals surface area contributed by atoms with Crippen molar-refractivity contribution in [2.45, 2.75) is 38.1 Å². The normalized spacial score (nSPS) is 11.7. The number of methoxy groups -OCH3 is 1. The number of aromatic amines is 1. The third-order valence-electron chi connectivity index (χ3n) is 5.59. The van der Waals surface area contributed by atoms with E-state index in [1.54, 1.807) is 0 Å². The molecule has 10 heteroatoms. The quantitative estimate of drug-likeness (QED) is 0.143.